The van der Waals surface area contributed by atoms with E-state index in [2.05, 4.69) is 17.1 Å². The summed E-state index contributed by atoms with van der Waals surface area (Å²) in [5.41, 5.74) is 5.62. The van der Waals surface area contributed by atoms with Crippen LogP contribution in [0.2, 0.25) is 0 Å². The molecular formula is C10H21N3O. The molecule has 1 aliphatic heterocycles. The first-order valence-corrected chi connectivity index (χ1v) is 5.51. The van der Waals surface area contributed by atoms with Crippen LogP contribution in [0.1, 0.15) is 26.2 Å². The predicted octanol–water partition coefficient (Wildman–Crippen LogP) is -0.0643. The smallest absolute Gasteiger partial charge is 0.238 e. The minimum absolute atomic E-state index is 0.0982. The third kappa shape index (κ3) is 2.96. The van der Waals surface area contributed by atoms with Gasteiger partial charge in [0.05, 0.1) is 0 Å². The van der Waals surface area contributed by atoms with Crippen molar-refractivity contribution >= 4 is 5.91 Å². The van der Waals surface area contributed by atoms with Gasteiger partial charge in [0.2, 0.25) is 5.91 Å². The third-order valence-corrected chi connectivity index (χ3v) is 2.69. The van der Waals surface area contributed by atoms with Gasteiger partial charge < -0.3 is 11.1 Å². The molecule has 1 amide bonds. The Bertz CT molecular complexity index is 184. The van der Waals surface area contributed by atoms with Gasteiger partial charge in [0, 0.05) is 19.6 Å². The quantitative estimate of drug-likeness (QED) is 0.666. The molecule has 1 aliphatic rings. The Kier molecular flexibility index (Phi) is 4.90. The zero-order valence-electron chi connectivity index (χ0n) is 8.96. The normalized spacial score (nSPS) is 24.4. The summed E-state index contributed by atoms with van der Waals surface area (Å²) in [5, 5.41) is 2.89. The summed E-state index contributed by atoms with van der Waals surface area (Å²) in [5.74, 6) is 0.0982. The van der Waals surface area contributed by atoms with Crippen molar-refractivity contribution < 1.29 is 4.79 Å². The first-order chi connectivity index (χ1) is 6.79. The summed E-state index contributed by atoms with van der Waals surface area (Å²) < 4.78 is 0. The van der Waals surface area contributed by atoms with Crippen LogP contribution in [0.25, 0.3) is 0 Å². The SMILES string of the molecule is CCCCN1CCCNC(=O)C1CN. The number of hydrogen-bond acceptors (Lipinski definition) is 3. The molecule has 1 atom stereocenters. The minimum atomic E-state index is -0.107. The molecule has 0 radical (unpaired) electrons. The van der Waals surface area contributed by atoms with Gasteiger partial charge in [-0.05, 0) is 19.4 Å². The van der Waals surface area contributed by atoms with Crippen molar-refractivity contribution in [1.29, 1.82) is 0 Å². The highest BCUT2D eigenvalue weighted by atomic mass is 16.2. The Hall–Kier alpha value is -0.610. The van der Waals surface area contributed by atoms with Gasteiger partial charge in [0.15, 0.2) is 0 Å². The fraction of sp³-hybridized carbons (Fsp3) is 0.900. The molecule has 1 fully saturated rings. The second-order valence-electron chi connectivity index (χ2n) is 3.79. The molecule has 0 aromatic carbocycles. The van der Waals surface area contributed by atoms with Crippen LogP contribution in [-0.2, 0) is 4.79 Å². The third-order valence-electron chi connectivity index (χ3n) is 2.69. The van der Waals surface area contributed by atoms with Crippen molar-refractivity contribution in [3.05, 3.63) is 0 Å². The molecule has 0 aromatic heterocycles. The Labute approximate surface area is 85.8 Å². The molecule has 4 heteroatoms. The summed E-state index contributed by atoms with van der Waals surface area (Å²) in [6, 6.07) is -0.107. The van der Waals surface area contributed by atoms with Gasteiger partial charge in [-0.15, -0.1) is 0 Å². The van der Waals surface area contributed by atoms with Crippen molar-refractivity contribution in [3.63, 3.8) is 0 Å². The van der Waals surface area contributed by atoms with Gasteiger partial charge in [0.1, 0.15) is 6.04 Å². The van der Waals surface area contributed by atoms with Crippen molar-refractivity contribution in [2.45, 2.75) is 32.2 Å². The van der Waals surface area contributed by atoms with Crippen molar-refractivity contribution in [1.82, 2.24) is 10.2 Å². The molecule has 82 valence electrons. The van der Waals surface area contributed by atoms with Crippen molar-refractivity contribution in [2.75, 3.05) is 26.2 Å². The zero-order valence-corrected chi connectivity index (χ0v) is 8.96. The van der Waals surface area contributed by atoms with E-state index in [9.17, 15) is 4.79 Å². The Morgan fingerprint density at radius 1 is 1.64 bits per heavy atom. The van der Waals surface area contributed by atoms with Crippen LogP contribution < -0.4 is 11.1 Å². The van der Waals surface area contributed by atoms with Crippen LogP contribution in [0, 0.1) is 0 Å². The second kappa shape index (κ2) is 5.98. The van der Waals surface area contributed by atoms with E-state index in [1.54, 1.807) is 0 Å². The highest BCUT2D eigenvalue weighted by Crippen LogP contribution is 2.06. The fourth-order valence-electron chi connectivity index (χ4n) is 1.82. The number of rotatable bonds is 4. The maximum absolute atomic E-state index is 11.6. The van der Waals surface area contributed by atoms with Crippen LogP contribution in [0.15, 0.2) is 0 Å². The molecule has 0 aromatic rings. The van der Waals surface area contributed by atoms with E-state index in [1.807, 2.05) is 0 Å². The lowest BCUT2D eigenvalue weighted by Gasteiger charge is -2.26. The molecule has 1 rings (SSSR count). The lowest BCUT2D eigenvalue weighted by molar-refractivity contribution is -0.125. The molecule has 1 heterocycles. The van der Waals surface area contributed by atoms with Crippen LogP contribution in [-0.4, -0.2) is 43.0 Å². The van der Waals surface area contributed by atoms with Gasteiger partial charge in [-0.25, -0.2) is 0 Å². The maximum Gasteiger partial charge on any atom is 0.238 e. The van der Waals surface area contributed by atoms with E-state index in [-0.39, 0.29) is 11.9 Å². The van der Waals surface area contributed by atoms with Gasteiger partial charge in [-0.1, -0.05) is 13.3 Å². The number of nitrogens with zero attached hydrogens (tertiary/aromatic N) is 1. The second-order valence-corrected chi connectivity index (χ2v) is 3.79. The number of carbonyl (C=O) groups is 1. The van der Waals surface area contributed by atoms with Crippen LogP contribution in [0.3, 0.4) is 0 Å². The summed E-state index contributed by atoms with van der Waals surface area (Å²) in [4.78, 5) is 13.8. The number of unbranched alkanes of at least 4 members (excludes halogenated alkanes) is 1. The van der Waals surface area contributed by atoms with E-state index in [0.29, 0.717) is 6.54 Å². The van der Waals surface area contributed by atoms with Crippen LogP contribution >= 0.6 is 0 Å². The summed E-state index contributed by atoms with van der Waals surface area (Å²) >= 11 is 0. The topological polar surface area (TPSA) is 58.4 Å². The van der Waals surface area contributed by atoms with E-state index in [0.717, 1.165) is 38.9 Å². The van der Waals surface area contributed by atoms with Crippen LogP contribution in [0.4, 0.5) is 0 Å². The molecule has 0 aliphatic carbocycles. The first kappa shape index (κ1) is 11.5. The van der Waals surface area contributed by atoms with E-state index in [4.69, 9.17) is 5.73 Å². The minimum Gasteiger partial charge on any atom is -0.355 e. The maximum atomic E-state index is 11.6. The largest absolute Gasteiger partial charge is 0.355 e. The van der Waals surface area contributed by atoms with Crippen molar-refractivity contribution in [3.8, 4) is 0 Å². The molecule has 0 saturated carbocycles. The molecule has 1 saturated heterocycles. The van der Waals surface area contributed by atoms with E-state index < -0.39 is 0 Å². The Morgan fingerprint density at radius 3 is 3.07 bits per heavy atom. The van der Waals surface area contributed by atoms with E-state index >= 15 is 0 Å². The molecule has 14 heavy (non-hydrogen) atoms. The van der Waals surface area contributed by atoms with E-state index in [1.165, 1.54) is 0 Å². The standard InChI is InChI=1S/C10H21N3O/c1-2-3-6-13-7-4-5-12-10(14)9(13)8-11/h9H,2-8,11H2,1H3,(H,12,14). The number of nitrogens with two attached hydrogens (primary N) is 1. The molecular weight excluding hydrogens is 178 g/mol. The Balaban J connectivity index is 2.53. The molecule has 1 unspecified atom stereocenters. The summed E-state index contributed by atoms with van der Waals surface area (Å²) in [6.07, 6.45) is 3.34. The molecule has 0 bridgehead atoms. The number of carbonyl (C=O) groups excluding carboxylic acids is 1. The monoisotopic (exact) mass is 199 g/mol. The van der Waals surface area contributed by atoms with Gasteiger partial charge in [-0.3, -0.25) is 9.69 Å². The average molecular weight is 199 g/mol. The molecule has 4 nitrogen and oxygen atoms in total. The zero-order chi connectivity index (χ0) is 10.4. The molecule has 0 spiro atoms. The first-order valence-electron chi connectivity index (χ1n) is 5.51. The molecule has 3 N–H and O–H groups in total. The van der Waals surface area contributed by atoms with Crippen molar-refractivity contribution in [2.24, 2.45) is 5.73 Å². The lowest BCUT2D eigenvalue weighted by atomic mass is 10.2. The average Bonchev–Trinajstić information content (AvgIpc) is 2.36. The van der Waals surface area contributed by atoms with Gasteiger partial charge in [0.25, 0.3) is 0 Å². The highest BCUT2D eigenvalue weighted by molar-refractivity contribution is 5.82. The summed E-state index contributed by atoms with van der Waals surface area (Å²) in [7, 11) is 0. The summed E-state index contributed by atoms with van der Waals surface area (Å²) in [6.45, 7) is 5.36. The van der Waals surface area contributed by atoms with Crippen LogP contribution in [0.5, 0.6) is 0 Å². The fourth-order valence-corrected chi connectivity index (χ4v) is 1.82. The van der Waals surface area contributed by atoms with Gasteiger partial charge >= 0.3 is 0 Å². The highest BCUT2D eigenvalue weighted by Gasteiger charge is 2.25. The predicted molar refractivity (Wildman–Crippen MR) is 57.0 cm³/mol. The lowest BCUT2D eigenvalue weighted by Crippen LogP contribution is -2.49. The number of hydrogen-bond donors (Lipinski definition) is 2. The van der Waals surface area contributed by atoms with Gasteiger partial charge in [-0.2, -0.15) is 0 Å². The Morgan fingerprint density at radius 2 is 2.43 bits per heavy atom. The number of amides is 1. The number of nitrogens with one attached hydrogen (secondary N) is 1.